The lowest BCUT2D eigenvalue weighted by Crippen LogP contribution is -2.26. The lowest BCUT2D eigenvalue weighted by Gasteiger charge is -2.17. The summed E-state index contributed by atoms with van der Waals surface area (Å²) in [6, 6.07) is 1.87. The van der Waals surface area contributed by atoms with Crippen LogP contribution in [0, 0.1) is 0 Å². The molecule has 0 aliphatic heterocycles. The Balaban J connectivity index is 2.46. The average molecular weight is 269 g/mol. The first-order chi connectivity index (χ1) is 9.30. The third-order valence-corrected chi connectivity index (χ3v) is 2.33. The molecule has 0 bridgehead atoms. The molecule has 1 heterocycles. The van der Waals surface area contributed by atoms with E-state index in [0.717, 1.165) is 11.5 Å². The van der Waals surface area contributed by atoms with Crippen molar-refractivity contribution < 1.29 is 14.2 Å². The smallest absolute Gasteiger partial charge is 0.174 e. The number of rotatable bonds is 10. The van der Waals surface area contributed by atoms with Gasteiger partial charge in [0.15, 0.2) is 6.29 Å². The third kappa shape index (κ3) is 6.47. The molecule has 1 N–H and O–H groups in total. The van der Waals surface area contributed by atoms with Gasteiger partial charge in [-0.05, 0) is 20.8 Å². The Hall–Kier alpha value is -1.24. The van der Waals surface area contributed by atoms with Crippen molar-refractivity contribution in [1.82, 2.24) is 9.97 Å². The maximum Gasteiger partial charge on any atom is 0.174 e. The monoisotopic (exact) mass is 269 g/mol. The van der Waals surface area contributed by atoms with Crippen LogP contribution >= 0.6 is 0 Å². The van der Waals surface area contributed by atoms with Gasteiger partial charge in [0, 0.05) is 25.9 Å². The molecule has 1 rings (SSSR count). The van der Waals surface area contributed by atoms with Crippen molar-refractivity contribution in [3.63, 3.8) is 0 Å². The normalized spacial score (nSPS) is 10.9. The van der Waals surface area contributed by atoms with Gasteiger partial charge in [-0.2, -0.15) is 0 Å². The highest BCUT2D eigenvalue weighted by Crippen LogP contribution is 2.06. The van der Waals surface area contributed by atoms with Crippen LogP contribution in [0.1, 0.15) is 26.5 Å². The second-order valence-corrected chi connectivity index (χ2v) is 3.75. The minimum atomic E-state index is -0.264. The van der Waals surface area contributed by atoms with Gasteiger partial charge in [0.25, 0.3) is 0 Å². The molecule has 0 saturated carbocycles. The summed E-state index contributed by atoms with van der Waals surface area (Å²) in [6.07, 6.45) is 1.26. The first-order valence-corrected chi connectivity index (χ1v) is 6.65. The van der Waals surface area contributed by atoms with Crippen LogP contribution < -0.4 is 5.32 Å². The molecule has 0 aliphatic carbocycles. The van der Waals surface area contributed by atoms with E-state index < -0.39 is 0 Å². The summed E-state index contributed by atoms with van der Waals surface area (Å²) in [4.78, 5) is 8.29. The van der Waals surface area contributed by atoms with Crippen molar-refractivity contribution in [2.24, 2.45) is 0 Å². The molecule has 0 amide bonds. The fourth-order valence-corrected chi connectivity index (χ4v) is 1.51. The van der Waals surface area contributed by atoms with Crippen LogP contribution in [0.15, 0.2) is 12.4 Å². The van der Waals surface area contributed by atoms with E-state index in [4.69, 9.17) is 14.2 Å². The number of nitrogens with one attached hydrogen (secondary N) is 1. The summed E-state index contributed by atoms with van der Waals surface area (Å²) in [7, 11) is 0. The van der Waals surface area contributed by atoms with E-state index in [0.29, 0.717) is 33.0 Å². The quantitative estimate of drug-likeness (QED) is 0.654. The van der Waals surface area contributed by atoms with Crippen LogP contribution in [0.3, 0.4) is 0 Å². The molecule has 0 unspecified atom stereocenters. The molecule has 6 heteroatoms. The molecule has 0 saturated heterocycles. The third-order valence-electron chi connectivity index (χ3n) is 2.33. The topological polar surface area (TPSA) is 65.5 Å². The molecule has 0 aromatic carbocycles. The molecule has 19 heavy (non-hydrogen) atoms. The van der Waals surface area contributed by atoms with E-state index in [9.17, 15) is 0 Å². The van der Waals surface area contributed by atoms with Gasteiger partial charge in [0.2, 0.25) is 0 Å². The van der Waals surface area contributed by atoms with Gasteiger partial charge in [-0.3, -0.25) is 0 Å². The van der Waals surface area contributed by atoms with Gasteiger partial charge < -0.3 is 19.5 Å². The predicted octanol–water partition coefficient (Wildman–Crippen LogP) is 1.82. The zero-order valence-corrected chi connectivity index (χ0v) is 11.9. The second-order valence-electron chi connectivity index (χ2n) is 3.75. The van der Waals surface area contributed by atoms with Gasteiger partial charge in [-0.15, -0.1) is 0 Å². The minimum Gasteiger partial charge on any atom is -0.375 e. The predicted molar refractivity (Wildman–Crippen MR) is 72.9 cm³/mol. The number of hydrogen-bond donors (Lipinski definition) is 1. The number of hydrogen-bond acceptors (Lipinski definition) is 6. The number of anilines is 1. The summed E-state index contributed by atoms with van der Waals surface area (Å²) in [5.74, 6) is 0.745. The Bertz CT molecular complexity index is 344. The molecule has 0 radical (unpaired) electrons. The Kier molecular flexibility index (Phi) is 8.04. The maximum atomic E-state index is 5.45. The van der Waals surface area contributed by atoms with Gasteiger partial charge in [0.05, 0.1) is 18.8 Å². The number of nitrogens with zero attached hydrogens (tertiary/aromatic N) is 2. The molecular weight excluding hydrogens is 246 g/mol. The van der Waals surface area contributed by atoms with Crippen molar-refractivity contribution in [2.45, 2.75) is 33.7 Å². The highest BCUT2D eigenvalue weighted by Gasteiger charge is 2.08. The van der Waals surface area contributed by atoms with Gasteiger partial charge in [-0.25, -0.2) is 9.97 Å². The maximum absolute atomic E-state index is 5.45. The van der Waals surface area contributed by atoms with Crippen LogP contribution in [0.5, 0.6) is 0 Å². The SMILES string of the molecule is CCOCc1cc(NCC(OCC)OCC)ncn1. The first kappa shape index (κ1) is 15.8. The van der Waals surface area contributed by atoms with Crippen molar-refractivity contribution in [3.05, 3.63) is 18.1 Å². The Morgan fingerprint density at radius 2 is 1.84 bits per heavy atom. The number of ether oxygens (including phenoxy) is 3. The van der Waals surface area contributed by atoms with E-state index in [1.807, 2.05) is 26.8 Å². The van der Waals surface area contributed by atoms with Crippen molar-refractivity contribution >= 4 is 5.82 Å². The Labute approximate surface area is 114 Å². The van der Waals surface area contributed by atoms with Crippen LogP contribution in [0.2, 0.25) is 0 Å². The van der Waals surface area contributed by atoms with Crippen LogP contribution in [-0.2, 0) is 20.8 Å². The fraction of sp³-hybridized carbons (Fsp3) is 0.692. The van der Waals surface area contributed by atoms with Gasteiger partial charge >= 0.3 is 0 Å². The molecule has 6 nitrogen and oxygen atoms in total. The minimum absolute atomic E-state index is 0.264. The lowest BCUT2D eigenvalue weighted by molar-refractivity contribution is -0.126. The Morgan fingerprint density at radius 1 is 1.11 bits per heavy atom. The summed E-state index contributed by atoms with van der Waals surface area (Å²) in [5.41, 5.74) is 0.851. The molecule has 1 aromatic heterocycles. The van der Waals surface area contributed by atoms with E-state index in [-0.39, 0.29) is 6.29 Å². The molecule has 0 spiro atoms. The summed E-state index contributed by atoms with van der Waals surface area (Å²) in [6.45, 7) is 8.78. The molecule has 0 fully saturated rings. The van der Waals surface area contributed by atoms with Crippen LogP contribution in [0.25, 0.3) is 0 Å². The molecule has 0 aliphatic rings. The largest absolute Gasteiger partial charge is 0.375 e. The van der Waals surface area contributed by atoms with Crippen LogP contribution in [0.4, 0.5) is 5.82 Å². The average Bonchev–Trinajstić information content (AvgIpc) is 2.43. The van der Waals surface area contributed by atoms with E-state index >= 15 is 0 Å². The zero-order valence-electron chi connectivity index (χ0n) is 11.9. The number of aromatic nitrogens is 2. The fourth-order valence-electron chi connectivity index (χ4n) is 1.51. The molecule has 1 aromatic rings. The van der Waals surface area contributed by atoms with Gasteiger partial charge in [0.1, 0.15) is 12.1 Å². The van der Waals surface area contributed by atoms with Gasteiger partial charge in [-0.1, -0.05) is 0 Å². The van der Waals surface area contributed by atoms with Crippen molar-refractivity contribution in [3.8, 4) is 0 Å². The summed E-state index contributed by atoms with van der Waals surface area (Å²) < 4.78 is 16.2. The molecule has 108 valence electrons. The zero-order chi connectivity index (χ0) is 13.9. The standard InChI is InChI=1S/C13H23N3O3/c1-4-17-9-11-7-12(16-10-15-11)14-8-13(18-5-2)19-6-3/h7,10,13H,4-6,8-9H2,1-3H3,(H,14,15,16). The second kappa shape index (κ2) is 9.66. The highest BCUT2D eigenvalue weighted by molar-refractivity contribution is 5.34. The van der Waals surface area contributed by atoms with Crippen molar-refractivity contribution in [2.75, 3.05) is 31.7 Å². The van der Waals surface area contributed by atoms with Crippen LogP contribution in [-0.4, -0.2) is 42.6 Å². The first-order valence-electron chi connectivity index (χ1n) is 6.65. The summed E-state index contributed by atoms with van der Waals surface area (Å²) >= 11 is 0. The Morgan fingerprint density at radius 3 is 2.47 bits per heavy atom. The van der Waals surface area contributed by atoms with E-state index in [1.165, 1.54) is 6.33 Å². The van der Waals surface area contributed by atoms with Crippen molar-refractivity contribution in [1.29, 1.82) is 0 Å². The molecule has 0 atom stereocenters. The highest BCUT2D eigenvalue weighted by atomic mass is 16.7. The molecular formula is C13H23N3O3. The lowest BCUT2D eigenvalue weighted by atomic mass is 10.4. The van der Waals surface area contributed by atoms with E-state index in [2.05, 4.69) is 15.3 Å². The summed E-state index contributed by atoms with van der Waals surface area (Å²) in [5, 5.41) is 3.17. The van der Waals surface area contributed by atoms with E-state index in [1.54, 1.807) is 0 Å².